The summed E-state index contributed by atoms with van der Waals surface area (Å²) >= 11 is 0. The van der Waals surface area contributed by atoms with Crippen molar-refractivity contribution >= 4 is 5.96 Å². The van der Waals surface area contributed by atoms with Gasteiger partial charge in [0.2, 0.25) is 0 Å². The lowest BCUT2D eigenvalue weighted by atomic mass is 9.87. The van der Waals surface area contributed by atoms with Gasteiger partial charge in [0.1, 0.15) is 0 Å². The van der Waals surface area contributed by atoms with Gasteiger partial charge in [0.05, 0.1) is 12.7 Å². The minimum Gasteiger partial charge on any atom is -0.381 e. The molecule has 0 bridgehead atoms. The molecule has 0 radical (unpaired) electrons. The van der Waals surface area contributed by atoms with E-state index in [1.54, 1.807) is 0 Å². The molecule has 0 aromatic carbocycles. The highest BCUT2D eigenvalue weighted by Gasteiger charge is 2.42. The highest BCUT2D eigenvalue weighted by molar-refractivity contribution is 5.80. The van der Waals surface area contributed by atoms with E-state index in [0.29, 0.717) is 11.5 Å². The van der Waals surface area contributed by atoms with E-state index in [4.69, 9.17) is 9.47 Å². The topological polar surface area (TPSA) is 46.1 Å². The lowest BCUT2D eigenvalue weighted by molar-refractivity contribution is 0.0573. The van der Waals surface area contributed by atoms with Gasteiger partial charge in [0, 0.05) is 45.3 Å². The Morgan fingerprint density at radius 1 is 1.36 bits per heavy atom. The molecule has 2 heterocycles. The van der Waals surface area contributed by atoms with Crippen LogP contribution in [0.4, 0.5) is 0 Å². The number of nitrogens with one attached hydrogen (secondary N) is 1. The van der Waals surface area contributed by atoms with Crippen LogP contribution in [0.25, 0.3) is 0 Å². The van der Waals surface area contributed by atoms with Gasteiger partial charge in [-0.25, -0.2) is 0 Å². The third-order valence-corrected chi connectivity index (χ3v) is 5.39. The zero-order valence-corrected chi connectivity index (χ0v) is 14.0. The van der Waals surface area contributed by atoms with Crippen LogP contribution in [0.15, 0.2) is 4.99 Å². The van der Waals surface area contributed by atoms with Crippen molar-refractivity contribution in [3.8, 4) is 0 Å². The van der Waals surface area contributed by atoms with E-state index in [1.807, 2.05) is 7.05 Å². The summed E-state index contributed by atoms with van der Waals surface area (Å²) in [5.41, 5.74) is 0.392. The summed E-state index contributed by atoms with van der Waals surface area (Å²) in [5.74, 6) is 1.05. The van der Waals surface area contributed by atoms with Gasteiger partial charge in [-0.2, -0.15) is 0 Å². The van der Waals surface area contributed by atoms with Gasteiger partial charge in [-0.15, -0.1) is 0 Å². The Bertz CT molecular complexity index is 374. The molecule has 0 aromatic rings. The van der Waals surface area contributed by atoms with Gasteiger partial charge in [-0.3, -0.25) is 4.99 Å². The third-order valence-electron chi connectivity index (χ3n) is 5.39. The Morgan fingerprint density at radius 2 is 2.23 bits per heavy atom. The van der Waals surface area contributed by atoms with Crippen LogP contribution in [0, 0.1) is 5.41 Å². The van der Waals surface area contributed by atoms with E-state index >= 15 is 0 Å². The maximum absolute atomic E-state index is 5.91. The highest BCUT2D eigenvalue weighted by atomic mass is 16.5. The van der Waals surface area contributed by atoms with Crippen LogP contribution in [0.1, 0.15) is 44.9 Å². The number of guanidine groups is 1. The van der Waals surface area contributed by atoms with Crippen molar-refractivity contribution in [1.29, 1.82) is 0 Å². The Morgan fingerprint density at radius 3 is 2.95 bits per heavy atom. The Hall–Kier alpha value is -0.810. The van der Waals surface area contributed by atoms with Crippen molar-refractivity contribution in [3.05, 3.63) is 0 Å². The Balaban J connectivity index is 1.34. The van der Waals surface area contributed by atoms with Gasteiger partial charge in [-0.1, -0.05) is 12.8 Å². The second-order valence-corrected chi connectivity index (χ2v) is 7.08. The van der Waals surface area contributed by atoms with Gasteiger partial charge in [0.15, 0.2) is 5.96 Å². The molecule has 1 saturated carbocycles. The molecule has 3 fully saturated rings. The summed E-state index contributed by atoms with van der Waals surface area (Å²) in [6, 6.07) is 0. The first kappa shape index (κ1) is 16.1. The van der Waals surface area contributed by atoms with E-state index in [2.05, 4.69) is 15.2 Å². The van der Waals surface area contributed by atoms with Gasteiger partial charge < -0.3 is 19.7 Å². The van der Waals surface area contributed by atoms with Crippen molar-refractivity contribution in [2.45, 2.75) is 51.0 Å². The molecule has 3 rings (SSSR count). The lowest BCUT2D eigenvalue weighted by Crippen LogP contribution is -2.42. The molecule has 1 N–H and O–H groups in total. The molecular formula is C17H31N3O2. The summed E-state index contributed by atoms with van der Waals surface area (Å²) in [6.45, 7) is 5.85. The molecule has 5 nitrogen and oxygen atoms in total. The van der Waals surface area contributed by atoms with E-state index in [1.165, 1.54) is 38.5 Å². The molecule has 3 aliphatic rings. The van der Waals surface area contributed by atoms with Crippen molar-refractivity contribution in [1.82, 2.24) is 10.2 Å². The molecule has 0 aromatic heterocycles. The minimum absolute atomic E-state index is 0.392. The normalized spacial score (nSPS) is 29.9. The number of hydrogen-bond donors (Lipinski definition) is 1. The molecule has 1 aliphatic carbocycles. The first-order valence-electron chi connectivity index (χ1n) is 8.96. The lowest BCUT2D eigenvalue weighted by Gasteiger charge is -2.25. The van der Waals surface area contributed by atoms with Gasteiger partial charge >= 0.3 is 0 Å². The zero-order chi connectivity index (χ0) is 15.3. The molecule has 22 heavy (non-hydrogen) atoms. The monoisotopic (exact) mass is 309 g/mol. The second-order valence-electron chi connectivity index (χ2n) is 7.08. The minimum atomic E-state index is 0.392. The fourth-order valence-electron chi connectivity index (χ4n) is 4.00. The number of aliphatic imine (C=N–C) groups is 1. The molecule has 5 heteroatoms. The number of likely N-dealkylation sites (tertiary alicyclic amines) is 1. The molecule has 0 amide bonds. The fraction of sp³-hybridized carbons (Fsp3) is 0.941. The average Bonchev–Trinajstić information content (AvgIpc) is 3.27. The summed E-state index contributed by atoms with van der Waals surface area (Å²) in [5, 5.41) is 3.50. The molecular weight excluding hydrogens is 278 g/mol. The molecule has 2 aliphatic heterocycles. The molecule has 126 valence electrons. The van der Waals surface area contributed by atoms with Crippen molar-refractivity contribution in [2.75, 3.05) is 46.5 Å². The fourth-order valence-corrected chi connectivity index (χ4v) is 4.00. The van der Waals surface area contributed by atoms with Crippen LogP contribution in [-0.2, 0) is 9.47 Å². The summed E-state index contributed by atoms with van der Waals surface area (Å²) in [4.78, 5) is 6.84. The Labute approximate surface area is 134 Å². The predicted octanol–water partition coefficient (Wildman–Crippen LogP) is 2.02. The largest absolute Gasteiger partial charge is 0.381 e. The summed E-state index contributed by atoms with van der Waals surface area (Å²) < 4.78 is 11.5. The van der Waals surface area contributed by atoms with E-state index < -0.39 is 0 Å². The maximum atomic E-state index is 5.91. The average molecular weight is 309 g/mol. The molecule has 1 unspecified atom stereocenters. The zero-order valence-electron chi connectivity index (χ0n) is 14.0. The molecule has 1 spiro atoms. The van der Waals surface area contributed by atoms with Gasteiger partial charge in [0.25, 0.3) is 0 Å². The third kappa shape index (κ3) is 3.93. The smallest absolute Gasteiger partial charge is 0.193 e. The first-order chi connectivity index (χ1) is 10.8. The molecule has 1 atom stereocenters. The van der Waals surface area contributed by atoms with Gasteiger partial charge in [-0.05, 0) is 32.1 Å². The van der Waals surface area contributed by atoms with Crippen molar-refractivity contribution in [3.63, 3.8) is 0 Å². The Kier molecular flexibility index (Phi) is 5.58. The van der Waals surface area contributed by atoms with Crippen LogP contribution in [0.5, 0.6) is 0 Å². The number of rotatable bonds is 5. The van der Waals surface area contributed by atoms with Crippen LogP contribution in [0.3, 0.4) is 0 Å². The predicted molar refractivity (Wildman–Crippen MR) is 88.2 cm³/mol. The quantitative estimate of drug-likeness (QED) is 0.479. The summed E-state index contributed by atoms with van der Waals surface area (Å²) in [6.07, 6.45) is 9.22. The first-order valence-corrected chi connectivity index (χ1v) is 8.96. The van der Waals surface area contributed by atoms with Crippen LogP contribution in [0.2, 0.25) is 0 Å². The van der Waals surface area contributed by atoms with Crippen LogP contribution in [-0.4, -0.2) is 63.5 Å². The van der Waals surface area contributed by atoms with Crippen LogP contribution >= 0.6 is 0 Å². The maximum Gasteiger partial charge on any atom is 0.193 e. The van der Waals surface area contributed by atoms with Crippen molar-refractivity contribution in [2.24, 2.45) is 10.4 Å². The van der Waals surface area contributed by atoms with E-state index in [0.717, 1.165) is 51.8 Å². The SMILES string of the molecule is CN=C(NCCCOC1CCCC1)N1CCC2(CCOC2)C1. The number of hydrogen-bond acceptors (Lipinski definition) is 3. The summed E-state index contributed by atoms with van der Waals surface area (Å²) in [7, 11) is 1.88. The second kappa shape index (κ2) is 7.64. The number of nitrogens with zero attached hydrogens (tertiary/aromatic N) is 2. The van der Waals surface area contributed by atoms with Crippen LogP contribution < -0.4 is 5.32 Å². The van der Waals surface area contributed by atoms with E-state index in [-0.39, 0.29) is 0 Å². The standard InChI is InChI=1S/C17H31N3O2/c1-18-16(19-9-4-11-22-15-5-2-3-6-15)20-10-7-17(13-20)8-12-21-14-17/h15H,2-14H2,1H3,(H,18,19). The number of ether oxygens (including phenoxy) is 2. The molecule has 2 saturated heterocycles. The van der Waals surface area contributed by atoms with E-state index in [9.17, 15) is 0 Å². The highest BCUT2D eigenvalue weighted by Crippen LogP contribution is 2.38. The van der Waals surface area contributed by atoms with Crippen molar-refractivity contribution < 1.29 is 9.47 Å².